The molecule has 0 aliphatic carbocycles. The fourth-order valence-electron chi connectivity index (χ4n) is 8.70. The molecule has 0 saturated heterocycles. The second kappa shape index (κ2) is 13.2. The van der Waals surface area contributed by atoms with Crippen LogP contribution in [0.1, 0.15) is 25.0 Å². The Bertz CT molecular complexity index is 2830. The van der Waals surface area contributed by atoms with Crippen molar-refractivity contribution < 1.29 is 0 Å². The molecule has 1 aliphatic heterocycles. The molecule has 1 heterocycles. The molecule has 0 unspecified atom stereocenters. The zero-order valence-electron chi connectivity index (χ0n) is 31.0. The summed E-state index contributed by atoms with van der Waals surface area (Å²) in [7, 11) is 0. The van der Waals surface area contributed by atoms with Crippen LogP contribution in [0.25, 0.3) is 43.8 Å². The molecule has 0 N–H and O–H groups in total. The largest absolute Gasteiger partial charge is 0.310 e. The van der Waals surface area contributed by atoms with E-state index in [1.54, 1.807) is 0 Å². The average Bonchev–Trinajstić information content (AvgIpc) is 3.25. The first-order valence-electron chi connectivity index (χ1n) is 19.1. The number of anilines is 6. The summed E-state index contributed by atoms with van der Waals surface area (Å²) in [5.74, 6) is 0. The first-order valence-corrected chi connectivity index (χ1v) is 19.1. The van der Waals surface area contributed by atoms with Gasteiger partial charge in [-0.1, -0.05) is 172 Å². The van der Waals surface area contributed by atoms with Crippen LogP contribution in [0.3, 0.4) is 0 Å². The van der Waals surface area contributed by atoms with E-state index in [-0.39, 0.29) is 5.41 Å². The van der Waals surface area contributed by atoms with Crippen molar-refractivity contribution in [3.05, 3.63) is 217 Å². The summed E-state index contributed by atoms with van der Waals surface area (Å²) < 4.78 is 0. The predicted molar refractivity (Wildman–Crippen MR) is 234 cm³/mol. The van der Waals surface area contributed by atoms with Crippen LogP contribution in [0, 0.1) is 0 Å². The Hall–Kier alpha value is -6.90. The van der Waals surface area contributed by atoms with E-state index < -0.39 is 0 Å². The van der Waals surface area contributed by atoms with Crippen molar-refractivity contribution in [2.45, 2.75) is 19.3 Å². The monoisotopic (exact) mass is 704 g/mol. The van der Waals surface area contributed by atoms with Crippen molar-refractivity contribution in [2.75, 3.05) is 9.80 Å². The van der Waals surface area contributed by atoms with Crippen molar-refractivity contribution in [1.29, 1.82) is 0 Å². The second-order valence-electron chi connectivity index (χ2n) is 15.0. The standard InChI is InChI=1S/C53H40N2/c1-53(2)48-26-13-14-27-50(48)55(52-45-24-12-10-19-40(45)30-34-47(52)46-25-15-20-39-18-9-11-23-44(39)46)51-35-33-43(36-49(51)53)54(41-21-7-4-8-22-41)42-31-28-38(29-32-42)37-16-5-3-6-17-37/h3-36H,1-2H3. The normalized spacial score (nSPS) is 13.0. The lowest BCUT2D eigenvalue weighted by Crippen LogP contribution is -2.31. The molecular formula is C53H40N2. The van der Waals surface area contributed by atoms with Crippen molar-refractivity contribution >= 4 is 55.7 Å². The maximum atomic E-state index is 2.54. The van der Waals surface area contributed by atoms with Crippen LogP contribution < -0.4 is 9.80 Å². The predicted octanol–water partition coefficient (Wildman–Crippen LogP) is 14.9. The van der Waals surface area contributed by atoms with Crippen LogP contribution in [0.15, 0.2) is 206 Å². The summed E-state index contributed by atoms with van der Waals surface area (Å²) in [6.07, 6.45) is 0. The number of hydrogen-bond donors (Lipinski definition) is 0. The second-order valence-corrected chi connectivity index (χ2v) is 15.0. The van der Waals surface area contributed by atoms with Gasteiger partial charge in [0.1, 0.15) is 0 Å². The van der Waals surface area contributed by atoms with E-state index in [1.807, 2.05) is 0 Å². The first-order chi connectivity index (χ1) is 27.1. The zero-order valence-corrected chi connectivity index (χ0v) is 31.0. The molecule has 0 amide bonds. The van der Waals surface area contributed by atoms with Crippen molar-refractivity contribution in [2.24, 2.45) is 0 Å². The Balaban J connectivity index is 1.21. The van der Waals surface area contributed by atoms with E-state index in [0.29, 0.717) is 0 Å². The van der Waals surface area contributed by atoms with Gasteiger partial charge in [0.2, 0.25) is 0 Å². The lowest BCUT2D eigenvalue weighted by Gasteiger charge is -2.43. The number of fused-ring (bicyclic) bond motifs is 4. The van der Waals surface area contributed by atoms with Gasteiger partial charge in [-0.2, -0.15) is 0 Å². The maximum absolute atomic E-state index is 2.54. The number of hydrogen-bond acceptors (Lipinski definition) is 2. The van der Waals surface area contributed by atoms with Gasteiger partial charge in [-0.15, -0.1) is 0 Å². The fraction of sp³-hybridized carbons (Fsp3) is 0.0566. The quantitative estimate of drug-likeness (QED) is 0.170. The molecule has 1 aliphatic rings. The van der Waals surface area contributed by atoms with Gasteiger partial charge in [0.05, 0.1) is 17.1 Å². The number of rotatable bonds is 6. The van der Waals surface area contributed by atoms with Crippen molar-refractivity contribution in [1.82, 2.24) is 0 Å². The van der Waals surface area contributed by atoms with Crippen molar-refractivity contribution in [3.63, 3.8) is 0 Å². The van der Waals surface area contributed by atoms with Crippen LogP contribution in [-0.2, 0) is 5.41 Å². The highest BCUT2D eigenvalue weighted by Crippen LogP contribution is 2.56. The molecule has 2 nitrogen and oxygen atoms in total. The fourth-order valence-corrected chi connectivity index (χ4v) is 8.70. The molecule has 0 aromatic heterocycles. The minimum absolute atomic E-state index is 0.276. The Morgan fingerprint density at radius 3 is 1.73 bits per heavy atom. The van der Waals surface area contributed by atoms with Crippen LogP contribution in [0.4, 0.5) is 34.1 Å². The third kappa shape index (κ3) is 5.49. The summed E-state index contributed by atoms with van der Waals surface area (Å²) in [6.45, 7) is 4.75. The summed E-state index contributed by atoms with van der Waals surface area (Å²) in [6, 6.07) is 75.2. The molecule has 0 fully saturated rings. The topological polar surface area (TPSA) is 6.48 Å². The van der Waals surface area contributed by atoms with Gasteiger partial charge in [0.25, 0.3) is 0 Å². The van der Waals surface area contributed by atoms with Gasteiger partial charge in [0, 0.05) is 33.4 Å². The van der Waals surface area contributed by atoms with Crippen LogP contribution in [0.5, 0.6) is 0 Å². The van der Waals surface area contributed by atoms with E-state index in [4.69, 9.17) is 0 Å². The van der Waals surface area contributed by atoms with E-state index >= 15 is 0 Å². The molecule has 262 valence electrons. The first kappa shape index (κ1) is 32.7. The van der Waals surface area contributed by atoms with E-state index in [1.165, 1.54) is 72.0 Å². The highest BCUT2D eigenvalue weighted by Gasteiger charge is 2.38. The highest BCUT2D eigenvalue weighted by atomic mass is 15.2. The smallest absolute Gasteiger partial charge is 0.0618 e. The third-order valence-corrected chi connectivity index (χ3v) is 11.4. The molecule has 55 heavy (non-hydrogen) atoms. The Labute approximate surface area is 323 Å². The minimum Gasteiger partial charge on any atom is -0.310 e. The number of benzene rings is 9. The zero-order chi connectivity index (χ0) is 36.9. The Morgan fingerprint density at radius 1 is 0.382 bits per heavy atom. The molecule has 2 heteroatoms. The Morgan fingerprint density at radius 2 is 0.945 bits per heavy atom. The molecule has 9 aromatic carbocycles. The maximum Gasteiger partial charge on any atom is 0.0618 e. The average molecular weight is 705 g/mol. The molecule has 0 atom stereocenters. The van der Waals surface area contributed by atoms with Gasteiger partial charge in [-0.25, -0.2) is 0 Å². The molecule has 0 radical (unpaired) electrons. The van der Waals surface area contributed by atoms with E-state index in [9.17, 15) is 0 Å². The van der Waals surface area contributed by atoms with E-state index in [2.05, 4.69) is 230 Å². The molecule has 0 saturated carbocycles. The van der Waals surface area contributed by atoms with Gasteiger partial charge >= 0.3 is 0 Å². The molecular weight excluding hydrogens is 665 g/mol. The van der Waals surface area contributed by atoms with Gasteiger partial charge in [-0.05, 0) is 92.5 Å². The lowest BCUT2D eigenvalue weighted by atomic mass is 9.73. The summed E-state index contributed by atoms with van der Waals surface area (Å²) >= 11 is 0. The van der Waals surface area contributed by atoms with Crippen molar-refractivity contribution in [3.8, 4) is 22.3 Å². The highest BCUT2D eigenvalue weighted by molar-refractivity contribution is 6.11. The lowest BCUT2D eigenvalue weighted by molar-refractivity contribution is 0.632. The molecule has 0 spiro atoms. The minimum atomic E-state index is -0.276. The summed E-state index contributed by atoms with van der Waals surface area (Å²) in [5.41, 5.74) is 14.1. The molecule has 0 bridgehead atoms. The van der Waals surface area contributed by atoms with Crippen LogP contribution in [-0.4, -0.2) is 0 Å². The summed E-state index contributed by atoms with van der Waals surface area (Å²) in [4.78, 5) is 4.93. The SMILES string of the molecule is CC1(C)c2ccccc2N(c2c(-c3cccc4ccccc34)ccc3ccccc23)c2ccc(N(c3ccccc3)c3ccc(-c4ccccc4)cc3)cc21. The van der Waals surface area contributed by atoms with Gasteiger partial charge in [-0.3, -0.25) is 0 Å². The number of nitrogens with zero attached hydrogens (tertiary/aromatic N) is 2. The third-order valence-electron chi connectivity index (χ3n) is 11.4. The molecule has 9 aromatic rings. The van der Waals surface area contributed by atoms with E-state index in [0.717, 1.165) is 17.1 Å². The van der Waals surface area contributed by atoms with Gasteiger partial charge < -0.3 is 9.80 Å². The Kier molecular flexibility index (Phi) is 7.85. The van der Waals surface area contributed by atoms with Crippen LogP contribution >= 0.6 is 0 Å². The number of para-hydroxylation sites is 2. The van der Waals surface area contributed by atoms with Crippen LogP contribution in [0.2, 0.25) is 0 Å². The molecule has 10 rings (SSSR count). The van der Waals surface area contributed by atoms with Gasteiger partial charge in [0.15, 0.2) is 0 Å². The summed E-state index contributed by atoms with van der Waals surface area (Å²) in [5, 5.41) is 4.93.